The highest BCUT2D eigenvalue weighted by atomic mass is 32.1. The first-order chi connectivity index (χ1) is 19.3. The molecular weight excluding hydrogens is 530 g/mol. The number of carbonyl (C=O) groups is 4. The SMILES string of the molecule is CN(C)c1ccc(NC(=O)C(c2csnn2)N(Cc2cccnc2)C(=O)CN2C(=O)c3ccccc3C2=O)cc1. The monoisotopic (exact) mass is 555 g/mol. The third kappa shape index (κ3) is 5.43. The van der Waals surface area contributed by atoms with Gasteiger partial charge in [-0.15, -0.1) is 5.10 Å². The molecule has 1 aliphatic heterocycles. The first-order valence-electron chi connectivity index (χ1n) is 12.3. The summed E-state index contributed by atoms with van der Waals surface area (Å²) in [6, 6.07) is 15.9. The highest BCUT2D eigenvalue weighted by molar-refractivity contribution is 7.03. The van der Waals surface area contributed by atoms with Gasteiger partial charge in [0.05, 0.1) is 11.1 Å². The number of nitrogens with one attached hydrogen (secondary N) is 1. The predicted molar refractivity (Wildman–Crippen MR) is 149 cm³/mol. The third-order valence-corrected chi connectivity index (χ3v) is 6.96. The van der Waals surface area contributed by atoms with Crippen LogP contribution in [0.15, 0.2) is 78.4 Å². The Morgan fingerprint density at radius 1 is 0.975 bits per heavy atom. The lowest BCUT2D eigenvalue weighted by Gasteiger charge is -2.31. The maximum absolute atomic E-state index is 13.9. The molecule has 4 amide bonds. The summed E-state index contributed by atoms with van der Waals surface area (Å²) in [4.78, 5) is 61.9. The number of amides is 4. The lowest BCUT2D eigenvalue weighted by Crippen LogP contribution is -2.47. The normalized spacial score (nSPS) is 13.1. The Kier molecular flexibility index (Phi) is 7.60. The van der Waals surface area contributed by atoms with Crippen molar-refractivity contribution in [2.45, 2.75) is 12.6 Å². The maximum atomic E-state index is 13.9. The van der Waals surface area contributed by atoms with Crippen molar-refractivity contribution in [1.82, 2.24) is 24.4 Å². The zero-order valence-corrected chi connectivity index (χ0v) is 22.5. The van der Waals surface area contributed by atoms with Crippen molar-refractivity contribution in [2.24, 2.45) is 0 Å². The van der Waals surface area contributed by atoms with Crippen LogP contribution in [0.3, 0.4) is 0 Å². The average Bonchev–Trinajstić information content (AvgIpc) is 3.57. The van der Waals surface area contributed by atoms with Gasteiger partial charge in [-0.3, -0.25) is 29.1 Å². The van der Waals surface area contributed by atoms with E-state index in [-0.39, 0.29) is 23.4 Å². The van der Waals surface area contributed by atoms with E-state index in [4.69, 9.17) is 0 Å². The summed E-state index contributed by atoms with van der Waals surface area (Å²) in [5.74, 6) is -2.26. The molecule has 0 bridgehead atoms. The van der Waals surface area contributed by atoms with Crippen LogP contribution in [-0.2, 0) is 16.1 Å². The summed E-state index contributed by atoms with van der Waals surface area (Å²) in [6.45, 7) is -0.573. The molecule has 4 aromatic rings. The number of anilines is 2. The second-order valence-corrected chi connectivity index (χ2v) is 9.90. The number of carbonyl (C=O) groups excluding carboxylic acids is 4. The summed E-state index contributed by atoms with van der Waals surface area (Å²) < 4.78 is 3.90. The quantitative estimate of drug-likeness (QED) is 0.312. The number of aromatic nitrogens is 3. The van der Waals surface area contributed by atoms with E-state index in [1.54, 1.807) is 66.3 Å². The molecule has 3 heterocycles. The summed E-state index contributed by atoms with van der Waals surface area (Å²) >= 11 is 1.04. The number of hydrogen-bond acceptors (Lipinski definition) is 9. The molecule has 0 radical (unpaired) electrons. The molecule has 1 aliphatic rings. The van der Waals surface area contributed by atoms with E-state index in [1.165, 1.54) is 4.90 Å². The van der Waals surface area contributed by atoms with Crippen LogP contribution in [0.5, 0.6) is 0 Å². The van der Waals surface area contributed by atoms with Crippen molar-refractivity contribution < 1.29 is 19.2 Å². The highest BCUT2D eigenvalue weighted by Crippen LogP contribution is 2.27. The topological polar surface area (TPSA) is 129 Å². The van der Waals surface area contributed by atoms with Gasteiger partial charge < -0.3 is 15.1 Å². The Balaban J connectivity index is 1.47. The summed E-state index contributed by atoms with van der Waals surface area (Å²) in [6.07, 6.45) is 3.18. The molecule has 1 atom stereocenters. The molecule has 0 saturated carbocycles. The van der Waals surface area contributed by atoms with E-state index < -0.39 is 36.2 Å². The zero-order valence-electron chi connectivity index (χ0n) is 21.7. The van der Waals surface area contributed by atoms with Crippen LogP contribution in [0, 0.1) is 0 Å². The number of fused-ring (bicyclic) bond motifs is 1. The second-order valence-electron chi connectivity index (χ2n) is 9.29. The number of hydrogen-bond donors (Lipinski definition) is 1. The molecular formula is C28H25N7O4S. The predicted octanol–water partition coefficient (Wildman–Crippen LogP) is 3.00. The van der Waals surface area contributed by atoms with Crippen LogP contribution in [0.2, 0.25) is 0 Å². The van der Waals surface area contributed by atoms with E-state index >= 15 is 0 Å². The van der Waals surface area contributed by atoms with Gasteiger partial charge in [-0.1, -0.05) is 22.7 Å². The molecule has 11 nitrogen and oxygen atoms in total. The maximum Gasteiger partial charge on any atom is 0.262 e. The van der Waals surface area contributed by atoms with Crippen molar-refractivity contribution in [3.8, 4) is 0 Å². The number of rotatable bonds is 9. The van der Waals surface area contributed by atoms with Gasteiger partial charge in [-0.05, 0) is 59.6 Å². The van der Waals surface area contributed by atoms with Crippen LogP contribution in [0.1, 0.15) is 38.0 Å². The van der Waals surface area contributed by atoms with Crippen molar-refractivity contribution in [3.63, 3.8) is 0 Å². The zero-order chi connectivity index (χ0) is 28.2. The smallest absolute Gasteiger partial charge is 0.262 e. The summed E-state index contributed by atoms with van der Waals surface area (Å²) in [5, 5.41) is 8.55. The molecule has 0 aliphatic carbocycles. The minimum atomic E-state index is -1.20. The number of benzene rings is 2. The molecule has 1 N–H and O–H groups in total. The molecule has 1 unspecified atom stereocenters. The summed E-state index contributed by atoms with van der Waals surface area (Å²) in [7, 11) is 3.82. The highest BCUT2D eigenvalue weighted by Gasteiger charge is 2.40. The second kappa shape index (κ2) is 11.4. The van der Waals surface area contributed by atoms with Gasteiger partial charge in [0.2, 0.25) is 5.91 Å². The Hall–Kier alpha value is -4.97. The fraction of sp³-hybridized carbons (Fsp3) is 0.179. The van der Waals surface area contributed by atoms with E-state index in [0.29, 0.717) is 11.3 Å². The van der Waals surface area contributed by atoms with E-state index in [2.05, 4.69) is 19.9 Å². The van der Waals surface area contributed by atoms with Gasteiger partial charge in [0.15, 0.2) is 6.04 Å². The fourth-order valence-corrected chi connectivity index (χ4v) is 4.87. The fourth-order valence-electron chi connectivity index (χ4n) is 4.40. The molecule has 40 heavy (non-hydrogen) atoms. The van der Waals surface area contributed by atoms with Gasteiger partial charge in [0.1, 0.15) is 12.2 Å². The van der Waals surface area contributed by atoms with Crippen molar-refractivity contribution in [1.29, 1.82) is 0 Å². The first kappa shape index (κ1) is 26.6. The Morgan fingerprint density at radius 2 is 1.68 bits per heavy atom. The average molecular weight is 556 g/mol. The van der Waals surface area contributed by atoms with Crippen LogP contribution in [0.25, 0.3) is 0 Å². The van der Waals surface area contributed by atoms with Crippen LogP contribution in [0.4, 0.5) is 11.4 Å². The minimum Gasteiger partial charge on any atom is -0.378 e. The number of pyridine rings is 1. The number of nitrogens with zero attached hydrogens (tertiary/aromatic N) is 6. The lowest BCUT2D eigenvalue weighted by molar-refractivity contribution is -0.140. The van der Waals surface area contributed by atoms with Crippen molar-refractivity contribution >= 4 is 46.5 Å². The van der Waals surface area contributed by atoms with Gasteiger partial charge in [-0.25, -0.2) is 0 Å². The Labute approximate surface area is 234 Å². The molecule has 12 heteroatoms. The van der Waals surface area contributed by atoms with Crippen LogP contribution >= 0.6 is 11.5 Å². The molecule has 0 fully saturated rings. The Bertz CT molecular complexity index is 1510. The molecule has 202 valence electrons. The molecule has 0 saturated heterocycles. The Morgan fingerprint density at radius 3 is 2.25 bits per heavy atom. The number of imide groups is 1. The van der Waals surface area contributed by atoms with Crippen LogP contribution in [-0.4, -0.2) is 68.6 Å². The van der Waals surface area contributed by atoms with E-state index in [0.717, 1.165) is 22.1 Å². The van der Waals surface area contributed by atoms with Gasteiger partial charge in [0, 0.05) is 49.8 Å². The van der Waals surface area contributed by atoms with Gasteiger partial charge in [0.25, 0.3) is 17.7 Å². The van der Waals surface area contributed by atoms with Gasteiger partial charge >= 0.3 is 0 Å². The van der Waals surface area contributed by atoms with Crippen molar-refractivity contribution in [2.75, 3.05) is 30.9 Å². The lowest BCUT2D eigenvalue weighted by atomic mass is 10.1. The van der Waals surface area contributed by atoms with Crippen molar-refractivity contribution in [3.05, 3.63) is 101 Å². The summed E-state index contributed by atoms with van der Waals surface area (Å²) in [5.41, 5.74) is 2.85. The van der Waals surface area contributed by atoms with E-state index in [9.17, 15) is 19.2 Å². The molecule has 2 aromatic carbocycles. The molecule has 2 aromatic heterocycles. The molecule has 0 spiro atoms. The minimum absolute atomic E-state index is 0.0228. The van der Waals surface area contributed by atoms with Gasteiger partial charge in [-0.2, -0.15) is 0 Å². The first-order valence-corrected chi connectivity index (χ1v) is 13.2. The molecule has 5 rings (SSSR count). The largest absolute Gasteiger partial charge is 0.378 e. The third-order valence-electron chi connectivity index (χ3n) is 6.44. The standard InChI is InChI=1S/C28H25N7O4S/c1-33(2)20-11-9-19(10-12-20)30-26(37)25(23-17-40-32-31-23)34(15-18-6-5-13-29-14-18)24(36)16-35-27(38)21-7-3-4-8-22(21)28(35)39/h3-14,17,25H,15-16H2,1-2H3,(H,30,37). The van der Waals surface area contributed by atoms with Crippen LogP contribution < -0.4 is 10.2 Å². The van der Waals surface area contributed by atoms with E-state index in [1.807, 2.05) is 31.1 Å².